The second-order valence-corrected chi connectivity index (χ2v) is 5.03. The van der Waals surface area contributed by atoms with E-state index in [1.54, 1.807) is 6.92 Å². The lowest BCUT2D eigenvalue weighted by Crippen LogP contribution is -2.28. The van der Waals surface area contributed by atoms with Gasteiger partial charge >= 0.3 is 0 Å². The topological polar surface area (TPSA) is 55.1 Å². The molecule has 2 aromatic rings. The maximum Gasteiger partial charge on any atom is 0.253 e. The zero-order valence-electron chi connectivity index (χ0n) is 11.2. The van der Waals surface area contributed by atoms with Gasteiger partial charge in [0.1, 0.15) is 11.6 Å². The average molecular weight is 311 g/mol. The van der Waals surface area contributed by atoms with E-state index in [4.69, 9.17) is 17.3 Å². The monoisotopic (exact) mass is 310 g/mol. The van der Waals surface area contributed by atoms with E-state index < -0.39 is 23.6 Å². The minimum atomic E-state index is -0.716. The van der Waals surface area contributed by atoms with Crippen LogP contribution in [0.4, 0.5) is 14.5 Å². The summed E-state index contributed by atoms with van der Waals surface area (Å²) in [5.41, 5.74) is 6.38. The first-order valence-electron chi connectivity index (χ1n) is 6.19. The van der Waals surface area contributed by atoms with Crippen molar-refractivity contribution < 1.29 is 13.6 Å². The van der Waals surface area contributed by atoms with E-state index >= 15 is 0 Å². The minimum absolute atomic E-state index is 0.192. The van der Waals surface area contributed by atoms with Crippen LogP contribution in [0.25, 0.3) is 0 Å². The lowest BCUT2D eigenvalue weighted by Gasteiger charge is -2.16. The van der Waals surface area contributed by atoms with Crippen LogP contribution in [-0.2, 0) is 0 Å². The number of nitrogens with one attached hydrogen (secondary N) is 1. The Morgan fingerprint density at radius 1 is 1.24 bits per heavy atom. The lowest BCUT2D eigenvalue weighted by molar-refractivity contribution is 0.0940. The van der Waals surface area contributed by atoms with Gasteiger partial charge in [-0.3, -0.25) is 4.79 Å². The predicted octanol–water partition coefficient (Wildman–Crippen LogP) is 3.69. The second kappa shape index (κ2) is 6.10. The molecule has 0 aliphatic rings. The van der Waals surface area contributed by atoms with Crippen LogP contribution in [0.2, 0.25) is 5.02 Å². The highest BCUT2D eigenvalue weighted by Gasteiger charge is 2.17. The quantitative estimate of drug-likeness (QED) is 0.849. The van der Waals surface area contributed by atoms with Crippen LogP contribution in [0.3, 0.4) is 0 Å². The number of hydrogen-bond acceptors (Lipinski definition) is 2. The van der Waals surface area contributed by atoms with Crippen LogP contribution >= 0.6 is 11.6 Å². The van der Waals surface area contributed by atoms with E-state index in [-0.39, 0.29) is 16.8 Å². The fourth-order valence-corrected chi connectivity index (χ4v) is 2.13. The van der Waals surface area contributed by atoms with Gasteiger partial charge in [0.05, 0.1) is 11.6 Å². The number of carbonyl (C=O) groups is 1. The van der Waals surface area contributed by atoms with Crippen molar-refractivity contribution in [1.82, 2.24) is 5.32 Å². The highest BCUT2D eigenvalue weighted by atomic mass is 35.5. The van der Waals surface area contributed by atoms with Crippen molar-refractivity contribution in [2.75, 3.05) is 5.73 Å². The smallest absolute Gasteiger partial charge is 0.253 e. The molecular formula is C15H13ClF2N2O. The first-order valence-corrected chi connectivity index (χ1v) is 6.57. The third kappa shape index (κ3) is 3.49. The Labute approximate surface area is 125 Å². The third-order valence-electron chi connectivity index (χ3n) is 3.03. The van der Waals surface area contributed by atoms with E-state index in [0.717, 1.165) is 12.1 Å². The molecule has 0 aliphatic carbocycles. The molecule has 0 aliphatic heterocycles. The number of hydrogen-bond donors (Lipinski definition) is 2. The molecule has 3 N–H and O–H groups in total. The van der Waals surface area contributed by atoms with Crippen molar-refractivity contribution in [3.05, 3.63) is 64.2 Å². The summed E-state index contributed by atoms with van der Waals surface area (Å²) in [7, 11) is 0. The standard InChI is InChI=1S/C15H13ClF2N2O/c1-8(11-5-3-10(17)7-13(11)18)20-15(21)12-4-2-9(16)6-14(12)19/h2-8H,19H2,1H3,(H,20,21). The zero-order valence-corrected chi connectivity index (χ0v) is 11.9. The predicted molar refractivity (Wildman–Crippen MR) is 78.1 cm³/mol. The summed E-state index contributed by atoms with van der Waals surface area (Å²) < 4.78 is 26.5. The molecule has 2 rings (SSSR count). The Hall–Kier alpha value is -2.14. The van der Waals surface area contributed by atoms with Crippen LogP contribution in [0.1, 0.15) is 28.9 Å². The SMILES string of the molecule is CC(NC(=O)c1ccc(Cl)cc1N)c1ccc(F)cc1F. The Balaban J connectivity index is 2.18. The zero-order chi connectivity index (χ0) is 15.6. The maximum atomic E-state index is 13.7. The molecule has 0 heterocycles. The highest BCUT2D eigenvalue weighted by molar-refractivity contribution is 6.31. The van der Waals surface area contributed by atoms with E-state index in [1.807, 2.05) is 0 Å². The molecule has 0 spiro atoms. The van der Waals surface area contributed by atoms with Gasteiger partial charge in [-0.1, -0.05) is 17.7 Å². The van der Waals surface area contributed by atoms with Crippen molar-refractivity contribution in [3.63, 3.8) is 0 Å². The van der Waals surface area contributed by atoms with E-state index in [0.29, 0.717) is 5.02 Å². The number of carbonyl (C=O) groups excluding carboxylic acids is 1. The summed E-state index contributed by atoms with van der Waals surface area (Å²) in [6.45, 7) is 1.60. The number of benzene rings is 2. The highest BCUT2D eigenvalue weighted by Crippen LogP contribution is 2.21. The summed E-state index contributed by atoms with van der Waals surface area (Å²) in [6, 6.07) is 7.05. The molecule has 0 radical (unpaired) electrons. The van der Waals surface area contributed by atoms with Crippen LogP contribution in [0.5, 0.6) is 0 Å². The fourth-order valence-electron chi connectivity index (χ4n) is 1.95. The molecule has 6 heteroatoms. The van der Waals surface area contributed by atoms with E-state index in [2.05, 4.69) is 5.32 Å². The normalized spacial score (nSPS) is 12.0. The second-order valence-electron chi connectivity index (χ2n) is 4.59. The largest absolute Gasteiger partial charge is 0.398 e. The molecule has 1 unspecified atom stereocenters. The summed E-state index contributed by atoms with van der Waals surface area (Å²) in [6.07, 6.45) is 0. The molecule has 2 aromatic carbocycles. The first kappa shape index (κ1) is 15.3. The van der Waals surface area contributed by atoms with Crippen LogP contribution in [-0.4, -0.2) is 5.91 Å². The van der Waals surface area contributed by atoms with Gasteiger partial charge in [-0.05, 0) is 31.2 Å². The van der Waals surface area contributed by atoms with E-state index in [1.165, 1.54) is 24.3 Å². The van der Waals surface area contributed by atoms with Crippen molar-refractivity contribution >= 4 is 23.2 Å². The average Bonchev–Trinajstić information content (AvgIpc) is 2.37. The summed E-state index contributed by atoms with van der Waals surface area (Å²) in [4.78, 5) is 12.1. The molecule has 110 valence electrons. The maximum absolute atomic E-state index is 13.7. The van der Waals surface area contributed by atoms with Gasteiger partial charge in [0.25, 0.3) is 5.91 Å². The van der Waals surface area contributed by atoms with Crippen LogP contribution < -0.4 is 11.1 Å². The fraction of sp³-hybridized carbons (Fsp3) is 0.133. The minimum Gasteiger partial charge on any atom is -0.398 e. The molecule has 1 atom stereocenters. The number of amides is 1. The molecule has 1 amide bonds. The van der Waals surface area contributed by atoms with Gasteiger partial charge in [0, 0.05) is 22.3 Å². The van der Waals surface area contributed by atoms with Crippen molar-refractivity contribution in [2.24, 2.45) is 0 Å². The van der Waals surface area contributed by atoms with Gasteiger partial charge in [0.2, 0.25) is 0 Å². The molecule has 0 saturated carbocycles. The lowest BCUT2D eigenvalue weighted by atomic mass is 10.1. The molecule has 0 bridgehead atoms. The van der Waals surface area contributed by atoms with Gasteiger partial charge in [-0.25, -0.2) is 8.78 Å². The summed E-state index contributed by atoms with van der Waals surface area (Å²) in [5.74, 6) is -1.84. The van der Waals surface area contributed by atoms with Crippen LogP contribution in [0.15, 0.2) is 36.4 Å². The Kier molecular flexibility index (Phi) is 4.43. The van der Waals surface area contributed by atoms with Gasteiger partial charge < -0.3 is 11.1 Å². The molecule has 0 fully saturated rings. The number of rotatable bonds is 3. The Morgan fingerprint density at radius 3 is 2.57 bits per heavy atom. The number of nitrogen functional groups attached to an aromatic ring is 1. The summed E-state index contributed by atoms with van der Waals surface area (Å²) >= 11 is 5.76. The molecule has 21 heavy (non-hydrogen) atoms. The van der Waals surface area contributed by atoms with Gasteiger partial charge in [-0.2, -0.15) is 0 Å². The molecule has 3 nitrogen and oxygen atoms in total. The van der Waals surface area contributed by atoms with Gasteiger partial charge in [0.15, 0.2) is 0 Å². The number of nitrogens with two attached hydrogens (primary N) is 1. The number of anilines is 1. The van der Waals surface area contributed by atoms with E-state index in [9.17, 15) is 13.6 Å². The number of halogens is 3. The third-order valence-corrected chi connectivity index (χ3v) is 3.27. The molecule has 0 aromatic heterocycles. The van der Waals surface area contributed by atoms with Crippen LogP contribution in [0, 0.1) is 11.6 Å². The molecule has 0 saturated heterocycles. The van der Waals surface area contributed by atoms with Crippen molar-refractivity contribution in [1.29, 1.82) is 0 Å². The Morgan fingerprint density at radius 2 is 1.95 bits per heavy atom. The Bertz CT molecular complexity index is 691. The van der Waals surface area contributed by atoms with Crippen molar-refractivity contribution in [2.45, 2.75) is 13.0 Å². The van der Waals surface area contributed by atoms with Crippen molar-refractivity contribution in [3.8, 4) is 0 Å². The first-order chi connectivity index (χ1) is 9.88. The molecular weight excluding hydrogens is 298 g/mol. The van der Waals surface area contributed by atoms with Gasteiger partial charge in [-0.15, -0.1) is 0 Å². The summed E-state index contributed by atoms with van der Waals surface area (Å²) in [5, 5.41) is 3.03.